The Morgan fingerprint density at radius 2 is 2.53 bits per heavy atom. The molecule has 2 heterocycles. The Balaban J connectivity index is 1.87. The molecule has 17 heavy (non-hydrogen) atoms. The highest BCUT2D eigenvalue weighted by atomic mass is 35.5. The highest BCUT2D eigenvalue weighted by Gasteiger charge is 2.21. The van der Waals surface area contributed by atoms with Crippen molar-refractivity contribution in [3.05, 3.63) is 23.5 Å². The van der Waals surface area contributed by atoms with E-state index in [0.29, 0.717) is 17.4 Å². The van der Waals surface area contributed by atoms with Crippen molar-refractivity contribution in [2.45, 2.75) is 12.5 Å². The molecule has 6 heteroatoms. The molecule has 1 atom stereocenters. The maximum Gasteiger partial charge on any atom is 0.238 e. The van der Waals surface area contributed by atoms with Crippen molar-refractivity contribution in [1.82, 2.24) is 9.88 Å². The maximum absolute atomic E-state index is 11.7. The number of aromatic nitrogens is 1. The van der Waals surface area contributed by atoms with E-state index in [4.69, 9.17) is 17.3 Å². The summed E-state index contributed by atoms with van der Waals surface area (Å²) in [5, 5.41) is 3.04. The van der Waals surface area contributed by atoms with Crippen molar-refractivity contribution in [1.29, 1.82) is 0 Å². The SMILES string of the molecule is NC1CCN(CC(=O)Nc2cccnc2Cl)C1. The molecule has 0 aromatic carbocycles. The van der Waals surface area contributed by atoms with Crippen molar-refractivity contribution < 1.29 is 4.79 Å². The molecule has 1 amide bonds. The smallest absolute Gasteiger partial charge is 0.238 e. The van der Waals surface area contributed by atoms with Crippen LogP contribution in [-0.2, 0) is 4.79 Å². The van der Waals surface area contributed by atoms with Crippen LogP contribution in [0.4, 0.5) is 5.69 Å². The largest absolute Gasteiger partial charge is 0.326 e. The van der Waals surface area contributed by atoms with Gasteiger partial charge in [0.1, 0.15) is 0 Å². The van der Waals surface area contributed by atoms with Crippen LogP contribution in [0.1, 0.15) is 6.42 Å². The summed E-state index contributed by atoms with van der Waals surface area (Å²) in [4.78, 5) is 17.7. The number of rotatable bonds is 3. The van der Waals surface area contributed by atoms with E-state index in [1.54, 1.807) is 18.3 Å². The zero-order valence-electron chi connectivity index (χ0n) is 9.40. The van der Waals surface area contributed by atoms with Gasteiger partial charge in [-0.25, -0.2) is 4.98 Å². The predicted octanol–water partition coefficient (Wildman–Crippen LogP) is 0.706. The Morgan fingerprint density at radius 1 is 1.71 bits per heavy atom. The molecular formula is C11H15ClN4O. The third-order valence-electron chi connectivity index (χ3n) is 2.71. The van der Waals surface area contributed by atoms with Crippen molar-refractivity contribution in [3.8, 4) is 0 Å². The second kappa shape index (κ2) is 5.44. The van der Waals surface area contributed by atoms with Crippen molar-refractivity contribution >= 4 is 23.2 Å². The summed E-state index contributed by atoms with van der Waals surface area (Å²) in [7, 11) is 0. The summed E-state index contributed by atoms with van der Waals surface area (Å²) < 4.78 is 0. The number of likely N-dealkylation sites (tertiary alicyclic amines) is 1. The lowest BCUT2D eigenvalue weighted by atomic mass is 10.3. The Hall–Kier alpha value is -1.17. The van der Waals surface area contributed by atoms with Gasteiger partial charge in [-0.05, 0) is 18.6 Å². The van der Waals surface area contributed by atoms with Crippen LogP contribution >= 0.6 is 11.6 Å². The highest BCUT2D eigenvalue weighted by molar-refractivity contribution is 6.32. The minimum Gasteiger partial charge on any atom is -0.326 e. The second-order valence-corrected chi connectivity index (χ2v) is 4.53. The van der Waals surface area contributed by atoms with Gasteiger partial charge >= 0.3 is 0 Å². The quantitative estimate of drug-likeness (QED) is 0.780. The fourth-order valence-electron chi connectivity index (χ4n) is 1.88. The van der Waals surface area contributed by atoms with Gasteiger partial charge in [0, 0.05) is 25.3 Å². The van der Waals surface area contributed by atoms with Gasteiger partial charge in [0.05, 0.1) is 12.2 Å². The lowest BCUT2D eigenvalue weighted by Crippen LogP contribution is -2.33. The van der Waals surface area contributed by atoms with Gasteiger partial charge in [0.2, 0.25) is 5.91 Å². The molecule has 1 unspecified atom stereocenters. The van der Waals surface area contributed by atoms with Gasteiger partial charge in [-0.3, -0.25) is 9.69 Å². The van der Waals surface area contributed by atoms with Crippen LogP contribution in [0.2, 0.25) is 5.15 Å². The van der Waals surface area contributed by atoms with Crippen LogP contribution in [-0.4, -0.2) is 41.5 Å². The number of nitrogens with two attached hydrogens (primary N) is 1. The van der Waals surface area contributed by atoms with Crippen molar-refractivity contribution in [2.24, 2.45) is 5.73 Å². The molecular weight excluding hydrogens is 240 g/mol. The number of hydrogen-bond acceptors (Lipinski definition) is 4. The molecule has 1 aromatic rings. The number of amides is 1. The number of anilines is 1. The standard InChI is InChI=1S/C11H15ClN4O/c12-11-9(2-1-4-14-11)15-10(17)7-16-5-3-8(13)6-16/h1-2,4,8H,3,5-7,13H2,(H,15,17). The normalized spacial score (nSPS) is 20.5. The summed E-state index contributed by atoms with van der Waals surface area (Å²) in [6.07, 6.45) is 2.53. The first-order valence-electron chi connectivity index (χ1n) is 5.53. The number of nitrogens with one attached hydrogen (secondary N) is 1. The minimum atomic E-state index is -0.0889. The highest BCUT2D eigenvalue weighted by Crippen LogP contribution is 2.17. The van der Waals surface area contributed by atoms with E-state index in [-0.39, 0.29) is 11.9 Å². The van der Waals surface area contributed by atoms with Gasteiger partial charge in [0.25, 0.3) is 0 Å². The maximum atomic E-state index is 11.7. The van der Waals surface area contributed by atoms with Gasteiger partial charge in [-0.2, -0.15) is 0 Å². The molecule has 5 nitrogen and oxygen atoms in total. The lowest BCUT2D eigenvalue weighted by molar-refractivity contribution is -0.117. The van der Waals surface area contributed by atoms with E-state index in [0.717, 1.165) is 19.5 Å². The predicted molar refractivity (Wildman–Crippen MR) is 66.9 cm³/mol. The molecule has 0 saturated carbocycles. The number of pyridine rings is 1. The first-order chi connectivity index (χ1) is 8.15. The summed E-state index contributed by atoms with van der Waals surface area (Å²) in [5.41, 5.74) is 6.32. The Labute approximate surface area is 105 Å². The van der Waals surface area contributed by atoms with E-state index < -0.39 is 0 Å². The van der Waals surface area contributed by atoms with Crippen LogP contribution in [0.25, 0.3) is 0 Å². The van der Waals surface area contributed by atoms with Crippen molar-refractivity contribution in [3.63, 3.8) is 0 Å². The average molecular weight is 255 g/mol. The zero-order valence-corrected chi connectivity index (χ0v) is 10.2. The van der Waals surface area contributed by atoms with Gasteiger partial charge in [-0.15, -0.1) is 0 Å². The van der Waals surface area contributed by atoms with Crippen LogP contribution in [0.5, 0.6) is 0 Å². The topological polar surface area (TPSA) is 71.2 Å². The molecule has 0 spiro atoms. The average Bonchev–Trinajstić information content (AvgIpc) is 2.67. The molecule has 0 bridgehead atoms. The van der Waals surface area contributed by atoms with Gasteiger partial charge < -0.3 is 11.1 Å². The fourth-order valence-corrected chi connectivity index (χ4v) is 2.04. The van der Waals surface area contributed by atoms with Crippen LogP contribution in [0.15, 0.2) is 18.3 Å². The summed E-state index contributed by atoms with van der Waals surface area (Å²) in [6.45, 7) is 1.99. The minimum absolute atomic E-state index is 0.0889. The Bertz CT molecular complexity index is 412. The number of carbonyl (C=O) groups is 1. The molecule has 2 rings (SSSR count). The number of nitrogens with zero attached hydrogens (tertiary/aromatic N) is 2. The first-order valence-corrected chi connectivity index (χ1v) is 5.91. The van der Waals surface area contributed by atoms with E-state index in [2.05, 4.69) is 10.3 Å². The molecule has 3 N–H and O–H groups in total. The first kappa shape index (κ1) is 12.3. The summed E-state index contributed by atoms with van der Waals surface area (Å²) >= 11 is 5.85. The summed E-state index contributed by atoms with van der Waals surface area (Å²) in [6, 6.07) is 3.64. The molecule has 1 aromatic heterocycles. The van der Waals surface area contributed by atoms with E-state index >= 15 is 0 Å². The monoisotopic (exact) mass is 254 g/mol. The molecule has 1 fully saturated rings. The molecule has 0 radical (unpaired) electrons. The molecule has 1 aliphatic heterocycles. The third-order valence-corrected chi connectivity index (χ3v) is 3.01. The van der Waals surface area contributed by atoms with Crippen LogP contribution < -0.4 is 11.1 Å². The molecule has 1 aliphatic rings. The van der Waals surface area contributed by atoms with Crippen molar-refractivity contribution in [2.75, 3.05) is 25.0 Å². The Morgan fingerprint density at radius 3 is 3.18 bits per heavy atom. The Kier molecular flexibility index (Phi) is 3.93. The van der Waals surface area contributed by atoms with E-state index in [1.165, 1.54) is 0 Å². The zero-order chi connectivity index (χ0) is 12.3. The van der Waals surface area contributed by atoms with Crippen LogP contribution in [0.3, 0.4) is 0 Å². The fraction of sp³-hybridized carbons (Fsp3) is 0.455. The van der Waals surface area contributed by atoms with E-state index in [1.807, 2.05) is 4.90 Å². The number of halogens is 1. The number of hydrogen-bond donors (Lipinski definition) is 2. The van der Waals surface area contributed by atoms with Gasteiger partial charge in [-0.1, -0.05) is 11.6 Å². The summed E-state index contributed by atoms with van der Waals surface area (Å²) in [5.74, 6) is -0.0889. The lowest BCUT2D eigenvalue weighted by Gasteiger charge is -2.14. The van der Waals surface area contributed by atoms with Crippen LogP contribution in [0, 0.1) is 0 Å². The van der Waals surface area contributed by atoms with E-state index in [9.17, 15) is 4.79 Å². The number of carbonyl (C=O) groups excluding carboxylic acids is 1. The molecule has 0 aliphatic carbocycles. The van der Waals surface area contributed by atoms with Gasteiger partial charge in [0.15, 0.2) is 5.15 Å². The third kappa shape index (κ3) is 3.39. The molecule has 92 valence electrons. The second-order valence-electron chi connectivity index (χ2n) is 4.17. The molecule has 1 saturated heterocycles.